The predicted octanol–water partition coefficient (Wildman–Crippen LogP) is 1.28. The molecule has 162 valence electrons. The number of imidazole rings is 1. The lowest BCUT2D eigenvalue weighted by Gasteiger charge is -2.39. The van der Waals surface area contributed by atoms with E-state index in [1.54, 1.807) is 0 Å². The first kappa shape index (κ1) is 20.7. The Hall–Kier alpha value is -2.61. The van der Waals surface area contributed by atoms with Gasteiger partial charge in [0.1, 0.15) is 5.82 Å². The molecule has 8 heteroatoms. The van der Waals surface area contributed by atoms with Crippen LogP contribution in [0.5, 0.6) is 0 Å². The van der Waals surface area contributed by atoms with E-state index in [-0.39, 0.29) is 11.9 Å². The fourth-order valence-electron chi connectivity index (χ4n) is 4.52. The number of hydrogen-bond donors (Lipinski definition) is 1. The molecule has 0 saturated carbocycles. The predicted molar refractivity (Wildman–Crippen MR) is 119 cm³/mol. The Kier molecular flexibility index (Phi) is 6.22. The van der Waals surface area contributed by atoms with Crippen LogP contribution in [0.3, 0.4) is 0 Å². The van der Waals surface area contributed by atoms with Gasteiger partial charge in [0.25, 0.3) is 0 Å². The van der Waals surface area contributed by atoms with Crippen LogP contribution in [0.15, 0.2) is 29.3 Å². The zero-order valence-corrected chi connectivity index (χ0v) is 18.3. The number of para-hydroxylation sites is 2. The molecule has 1 aromatic heterocycles. The van der Waals surface area contributed by atoms with E-state index >= 15 is 0 Å². The molecular formula is C22H33N7O. The number of aryl methyl sites for hydroxylation is 1. The third kappa shape index (κ3) is 4.14. The van der Waals surface area contributed by atoms with Crippen LogP contribution in [0, 0.1) is 0 Å². The molecule has 3 heterocycles. The number of aliphatic imine (C=N–C) groups is 1. The number of benzene rings is 1. The van der Waals surface area contributed by atoms with E-state index in [4.69, 9.17) is 4.98 Å². The maximum Gasteiger partial charge on any atom is 0.239 e. The van der Waals surface area contributed by atoms with Crippen LogP contribution < -0.4 is 5.32 Å². The molecule has 2 saturated heterocycles. The van der Waals surface area contributed by atoms with Crippen LogP contribution in [0.4, 0.5) is 0 Å². The maximum atomic E-state index is 12.7. The van der Waals surface area contributed by atoms with Crippen LogP contribution in [-0.2, 0) is 18.4 Å². The molecule has 2 aliphatic rings. The molecule has 2 fully saturated rings. The number of hydrogen-bond acceptors (Lipinski definition) is 4. The molecule has 2 aromatic rings. The van der Waals surface area contributed by atoms with Gasteiger partial charge in [-0.15, -0.1) is 0 Å². The average Bonchev–Trinajstić information content (AvgIpc) is 3.43. The largest absolute Gasteiger partial charge is 0.349 e. The first-order valence-electron chi connectivity index (χ1n) is 11.0. The van der Waals surface area contributed by atoms with Crippen molar-refractivity contribution in [1.29, 1.82) is 0 Å². The minimum atomic E-state index is -0.0415. The topological polar surface area (TPSA) is 69.0 Å². The number of nitrogens with zero attached hydrogens (tertiary/aromatic N) is 6. The zero-order chi connectivity index (χ0) is 21.1. The van der Waals surface area contributed by atoms with Crippen molar-refractivity contribution in [2.24, 2.45) is 12.0 Å². The number of fused-ring (bicyclic) bond motifs is 1. The van der Waals surface area contributed by atoms with Crippen LogP contribution in [-0.4, -0.2) is 88.5 Å². The molecule has 8 nitrogen and oxygen atoms in total. The number of piperazine rings is 1. The van der Waals surface area contributed by atoms with E-state index in [1.165, 1.54) is 0 Å². The van der Waals surface area contributed by atoms with Crippen LogP contribution in [0.25, 0.3) is 11.0 Å². The highest BCUT2D eigenvalue weighted by molar-refractivity contribution is 5.82. The molecule has 0 aliphatic carbocycles. The number of nitrogens with one attached hydrogen (secondary N) is 1. The Balaban J connectivity index is 1.31. The van der Waals surface area contributed by atoms with Crippen molar-refractivity contribution >= 4 is 22.9 Å². The van der Waals surface area contributed by atoms with Crippen LogP contribution >= 0.6 is 0 Å². The van der Waals surface area contributed by atoms with Gasteiger partial charge in [0.2, 0.25) is 5.91 Å². The summed E-state index contributed by atoms with van der Waals surface area (Å²) in [6, 6.07) is 8.14. The molecule has 1 amide bonds. The number of carbonyl (C=O) groups is 1. The van der Waals surface area contributed by atoms with Gasteiger partial charge in [0.15, 0.2) is 5.96 Å². The van der Waals surface area contributed by atoms with Gasteiger partial charge in [-0.3, -0.25) is 14.7 Å². The number of amides is 1. The lowest BCUT2D eigenvalue weighted by Crippen LogP contribution is -2.57. The van der Waals surface area contributed by atoms with E-state index in [1.807, 2.05) is 37.2 Å². The second-order valence-electron chi connectivity index (χ2n) is 8.21. The van der Waals surface area contributed by atoms with Crippen molar-refractivity contribution < 1.29 is 4.79 Å². The van der Waals surface area contributed by atoms with Gasteiger partial charge in [-0.05, 0) is 31.9 Å². The first-order chi connectivity index (χ1) is 14.6. The van der Waals surface area contributed by atoms with Gasteiger partial charge in [-0.25, -0.2) is 4.98 Å². The molecule has 2 aliphatic heterocycles. The molecular weight excluding hydrogens is 378 g/mol. The summed E-state index contributed by atoms with van der Waals surface area (Å²) in [5, 5.41) is 3.47. The summed E-state index contributed by atoms with van der Waals surface area (Å²) < 4.78 is 2.12. The van der Waals surface area contributed by atoms with E-state index in [2.05, 4.69) is 37.7 Å². The molecule has 4 rings (SSSR count). The Labute approximate surface area is 178 Å². The van der Waals surface area contributed by atoms with Crippen LogP contribution in [0.1, 0.15) is 25.6 Å². The van der Waals surface area contributed by atoms with Gasteiger partial charge in [0.05, 0.1) is 23.6 Å². The molecule has 1 aromatic carbocycles. The highest BCUT2D eigenvalue weighted by Gasteiger charge is 2.30. The summed E-state index contributed by atoms with van der Waals surface area (Å²) >= 11 is 0. The Bertz CT molecular complexity index is 907. The monoisotopic (exact) mass is 411 g/mol. The molecule has 1 unspecified atom stereocenters. The normalized spacial score (nSPS) is 19.5. The highest BCUT2D eigenvalue weighted by atomic mass is 16.2. The van der Waals surface area contributed by atoms with Gasteiger partial charge >= 0.3 is 0 Å². The summed E-state index contributed by atoms with van der Waals surface area (Å²) in [6.45, 7) is 7.97. The summed E-state index contributed by atoms with van der Waals surface area (Å²) in [5.74, 6) is 2.16. The average molecular weight is 412 g/mol. The van der Waals surface area contributed by atoms with Crippen molar-refractivity contribution in [2.45, 2.75) is 32.4 Å². The molecule has 0 radical (unpaired) electrons. The van der Waals surface area contributed by atoms with Gasteiger partial charge in [-0.2, -0.15) is 0 Å². The van der Waals surface area contributed by atoms with E-state index < -0.39 is 0 Å². The number of carbonyl (C=O) groups excluding carboxylic acids is 1. The Morgan fingerprint density at radius 3 is 2.47 bits per heavy atom. The molecule has 30 heavy (non-hydrogen) atoms. The number of guanidine groups is 1. The zero-order valence-electron chi connectivity index (χ0n) is 18.3. The number of rotatable bonds is 4. The fourth-order valence-corrected chi connectivity index (χ4v) is 4.52. The van der Waals surface area contributed by atoms with Crippen molar-refractivity contribution in [2.75, 3.05) is 46.3 Å². The van der Waals surface area contributed by atoms with Gasteiger partial charge in [0, 0.05) is 53.4 Å². The van der Waals surface area contributed by atoms with Crippen molar-refractivity contribution in [1.82, 2.24) is 29.6 Å². The number of likely N-dealkylation sites (tertiary alicyclic amines) is 1. The lowest BCUT2D eigenvalue weighted by atomic mass is 10.2. The van der Waals surface area contributed by atoms with Gasteiger partial charge < -0.3 is 19.7 Å². The summed E-state index contributed by atoms with van der Waals surface area (Å²) in [4.78, 5) is 28.5. The summed E-state index contributed by atoms with van der Waals surface area (Å²) in [5.41, 5.74) is 2.15. The fraction of sp³-hybridized carbons (Fsp3) is 0.591. The van der Waals surface area contributed by atoms with E-state index in [9.17, 15) is 4.79 Å². The second kappa shape index (κ2) is 9.04. The third-order valence-corrected chi connectivity index (χ3v) is 6.43. The van der Waals surface area contributed by atoms with Gasteiger partial charge in [-0.1, -0.05) is 12.1 Å². The maximum absolute atomic E-state index is 12.7. The van der Waals surface area contributed by atoms with E-state index in [0.29, 0.717) is 6.54 Å². The second-order valence-corrected chi connectivity index (χ2v) is 8.21. The molecule has 0 spiro atoms. The summed E-state index contributed by atoms with van der Waals surface area (Å²) in [6.07, 6.45) is 2.28. The van der Waals surface area contributed by atoms with Crippen LogP contribution in [0.2, 0.25) is 0 Å². The van der Waals surface area contributed by atoms with Crippen molar-refractivity contribution in [3.63, 3.8) is 0 Å². The van der Waals surface area contributed by atoms with Crippen molar-refractivity contribution in [3.8, 4) is 0 Å². The quantitative estimate of drug-likeness (QED) is 0.606. The Morgan fingerprint density at radius 2 is 1.80 bits per heavy atom. The van der Waals surface area contributed by atoms with Crippen molar-refractivity contribution in [3.05, 3.63) is 30.1 Å². The molecule has 1 N–H and O–H groups in total. The summed E-state index contributed by atoms with van der Waals surface area (Å²) in [7, 11) is 3.87. The SMILES string of the molecule is CN=C(NCc1nc2ccccc2n1C)N1CCN(C(C)C(=O)N2CCCC2)CC1. The standard InChI is InChI=1S/C22H33N7O/c1-17(21(30)28-10-6-7-11-28)27-12-14-29(15-13-27)22(23-2)24-16-20-25-18-8-4-5-9-19(18)26(20)3/h4-5,8-9,17H,6-7,10-16H2,1-3H3,(H,23,24). The third-order valence-electron chi connectivity index (χ3n) is 6.43. The minimum absolute atomic E-state index is 0.0415. The van der Waals surface area contributed by atoms with E-state index in [0.717, 1.165) is 74.9 Å². The Morgan fingerprint density at radius 1 is 1.10 bits per heavy atom. The lowest BCUT2D eigenvalue weighted by molar-refractivity contribution is -0.135. The molecule has 0 bridgehead atoms. The molecule has 1 atom stereocenters. The number of aromatic nitrogens is 2. The minimum Gasteiger partial charge on any atom is -0.349 e. The first-order valence-corrected chi connectivity index (χ1v) is 11.0. The highest BCUT2D eigenvalue weighted by Crippen LogP contribution is 2.15. The smallest absolute Gasteiger partial charge is 0.239 e.